The van der Waals surface area contributed by atoms with Crippen LogP contribution >= 0.6 is 0 Å². The first-order valence-corrected chi connectivity index (χ1v) is 9.71. The number of amides is 1. The van der Waals surface area contributed by atoms with E-state index in [1.54, 1.807) is 14.2 Å². The van der Waals surface area contributed by atoms with E-state index in [4.69, 9.17) is 14.2 Å². The van der Waals surface area contributed by atoms with Crippen molar-refractivity contribution in [2.45, 2.75) is 52.1 Å². The number of hydrogen-bond donors (Lipinski definition) is 0. The molecule has 1 heterocycles. The number of methoxy groups -OCH3 is 2. The van der Waals surface area contributed by atoms with E-state index in [9.17, 15) is 4.79 Å². The van der Waals surface area contributed by atoms with Crippen molar-refractivity contribution in [2.24, 2.45) is 5.92 Å². The molecule has 5 heteroatoms. The SMILES string of the molecule is COc1cc2c(cc1OC)CC(CC1CCN(C(=O)OC(C)(C)C)CC1)=C2. The van der Waals surface area contributed by atoms with Gasteiger partial charge in [-0.25, -0.2) is 4.79 Å². The second-order valence-corrected chi connectivity index (χ2v) is 8.50. The quantitative estimate of drug-likeness (QED) is 0.769. The van der Waals surface area contributed by atoms with Crippen molar-refractivity contribution in [2.75, 3.05) is 27.3 Å². The molecule has 0 unspecified atom stereocenters. The summed E-state index contributed by atoms with van der Waals surface area (Å²) in [5.41, 5.74) is 3.55. The second kappa shape index (κ2) is 7.83. The van der Waals surface area contributed by atoms with Crippen molar-refractivity contribution in [1.29, 1.82) is 0 Å². The van der Waals surface area contributed by atoms with Crippen molar-refractivity contribution in [3.8, 4) is 11.5 Å². The molecule has 0 spiro atoms. The van der Waals surface area contributed by atoms with E-state index in [0.29, 0.717) is 5.92 Å². The van der Waals surface area contributed by atoms with Crippen LogP contribution in [0.4, 0.5) is 4.79 Å². The topological polar surface area (TPSA) is 48.0 Å². The number of benzene rings is 1. The maximum atomic E-state index is 12.2. The Morgan fingerprint density at radius 1 is 1.11 bits per heavy atom. The molecule has 3 rings (SSSR count). The molecule has 0 bridgehead atoms. The van der Waals surface area contributed by atoms with Gasteiger partial charge in [0.2, 0.25) is 0 Å². The van der Waals surface area contributed by atoms with E-state index >= 15 is 0 Å². The highest BCUT2D eigenvalue weighted by molar-refractivity contribution is 5.69. The number of likely N-dealkylation sites (tertiary alicyclic amines) is 1. The number of fused-ring (bicyclic) bond motifs is 1. The molecule has 1 amide bonds. The van der Waals surface area contributed by atoms with Gasteiger partial charge in [-0.2, -0.15) is 0 Å². The van der Waals surface area contributed by atoms with Gasteiger partial charge in [0, 0.05) is 13.1 Å². The minimum Gasteiger partial charge on any atom is -0.493 e. The zero-order valence-electron chi connectivity index (χ0n) is 17.1. The van der Waals surface area contributed by atoms with Crippen LogP contribution in [0.1, 0.15) is 51.2 Å². The van der Waals surface area contributed by atoms with Crippen molar-refractivity contribution in [3.05, 3.63) is 28.8 Å². The molecule has 1 aromatic rings. The molecule has 148 valence electrons. The first-order chi connectivity index (χ1) is 12.8. The summed E-state index contributed by atoms with van der Waals surface area (Å²) in [5, 5.41) is 0. The molecule has 0 radical (unpaired) electrons. The number of piperidine rings is 1. The van der Waals surface area contributed by atoms with Crippen LogP contribution in [0.2, 0.25) is 0 Å². The van der Waals surface area contributed by atoms with Crippen LogP contribution in [0.25, 0.3) is 6.08 Å². The minimum atomic E-state index is -0.434. The molecular formula is C22H31NO4. The Bertz CT molecular complexity index is 725. The summed E-state index contributed by atoms with van der Waals surface area (Å²) in [7, 11) is 3.34. The molecule has 1 aromatic carbocycles. The highest BCUT2D eigenvalue weighted by Gasteiger charge is 2.28. The lowest BCUT2D eigenvalue weighted by Gasteiger charge is -2.33. The Hall–Kier alpha value is -2.17. The van der Waals surface area contributed by atoms with Crippen molar-refractivity contribution in [1.82, 2.24) is 4.90 Å². The van der Waals surface area contributed by atoms with Crippen LogP contribution in [-0.4, -0.2) is 43.9 Å². The van der Waals surface area contributed by atoms with Gasteiger partial charge >= 0.3 is 6.09 Å². The zero-order chi connectivity index (χ0) is 19.6. The van der Waals surface area contributed by atoms with Gasteiger partial charge in [0.05, 0.1) is 14.2 Å². The molecule has 1 saturated heterocycles. The van der Waals surface area contributed by atoms with E-state index in [-0.39, 0.29) is 6.09 Å². The van der Waals surface area contributed by atoms with E-state index in [0.717, 1.165) is 50.3 Å². The average molecular weight is 373 g/mol. The molecule has 1 aliphatic carbocycles. The van der Waals surface area contributed by atoms with Crippen molar-refractivity contribution >= 4 is 12.2 Å². The molecule has 0 N–H and O–H groups in total. The Kier molecular flexibility index (Phi) is 5.68. The maximum absolute atomic E-state index is 12.2. The van der Waals surface area contributed by atoms with Crippen LogP contribution in [-0.2, 0) is 11.2 Å². The van der Waals surface area contributed by atoms with Crippen LogP contribution in [0.3, 0.4) is 0 Å². The number of nitrogens with zero attached hydrogens (tertiary/aromatic N) is 1. The summed E-state index contributed by atoms with van der Waals surface area (Å²) in [6.07, 6.45) is 6.22. The third kappa shape index (κ3) is 4.76. The fourth-order valence-electron chi connectivity index (χ4n) is 3.89. The molecule has 1 fully saturated rings. The number of ether oxygens (including phenoxy) is 3. The highest BCUT2D eigenvalue weighted by atomic mass is 16.6. The smallest absolute Gasteiger partial charge is 0.410 e. The van der Waals surface area contributed by atoms with Crippen LogP contribution < -0.4 is 9.47 Å². The number of rotatable bonds is 4. The molecule has 2 aliphatic rings. The van der Waals surface area contributed by atoms with E-state index in [2.05, 4.69) is 18.2 Å². The predicted octanol–water partition coefficient (Wildman–Crippen LogP) is 4.68. The zero-order valence-corrected chi connectivity index (χ0v) is 17.1. The molecule has 0 aromatic heterocycles. The number of carbonyl (C=O) groups is 1. The summed E-state index contributed by atoms with van der Waals surface area (Å²) in [6.45, 7) is 7.28. The van der Waals surface area contributed by atoms with E-state index in [1.807, 2.05) is 25.7 Å². The fraction of sp³-hybridized carbons (Fsp3) is 0.591. The lowest BCUT2D eigenvalue weighted by atomic mass is 9.89. The third-order valence-corrected chi connectivity index (χ3v) is 5.24. The van der Waals surface area contributed by atoms with Crippen molar-refractivity contribution < 1.29 is 19.0 Å². The summed E-state index contributed by atoms with van der Waals surface area (Å²) in [4.78, 5) is 14.0. The van der Waals surface area contributed by atoms with Crippen LogP contribution in [0, 0.1) is 5.92 Å². The Labute approximate surface area is 162 Å². The number of carbonyl (C=O) groups excluding carboxylic acids is 1. The van der Waals surface area contributed by atoms with Crippen LogP contribution in [0.15, 0.2) is 17.7 Å². The Morgan fingerprint density at radius 2 is 1.74 bits per heavy atom. The van der Waals surface area contributed by atoms with Gasteiger partial charge in [0.15, 0.2) is 11.5 Å². The summed E-state index contributed by atoms with van der Waals surface area (Å²) >= 11 is 0. The molecule has 5 nitrogen and oxygen atoms in total. The monoisotopic (exact) mass is 373 g/mol. The fourth-order valence-corrected chi connectivity index (χ4v) is 3.89. The van der Waals surface area contributed by atoms with Gasteiger partial charge in [-0.15, -0.1) is 0 Å². The summed E-state index contributed by atoms with van der Waals surface area (Å²) in [6, 6.07) is 4.15. The predicted molar refractivity (Wildman–Crippen MR) is 106 cm³/mol. The lowest BCUT2D eigenvalue weighted by Crippen LogP contribution is -2.41. The maximum Gasteiger partial charge on any atom is 0.410 e. The summed E-state index contributed by atoms with van der Waals surface area (Å²) in [5.74, 6) is 2.18. The van der Waals surface area contributed by atoms with E-state index in [1.165, 1.54) is 16.7 Å². The first kappa shape index (κ1) is 19.6. The summed E-state index contributed by atoms with van der Waals surface area (Å²) < 4.78 is 16.3. The minimum absolute atomic E-state index is 0.187. The molecule has 0 atom stereocenters. The average Bonchev–Trinajstić information content (AvgIpc) is 3.00. The molecule has 27 heavy (non-hydrogen) atoms. The van der Waals surface area contributed by atoms with E-state index < -0.39 is 5.60 Å². The van der Waals surface area contributed by atoms with Gasteiger partial charge in [-0.1, -0.05) is 11.6 Å². The van der Waals surface area contributed by atoms with Gasteiger partial charge in [0.1, 0.15) is 5.60 Å². The van der Waals surface area contributed by atoms with Crippen molar-refractivity contribution in [3.63, 3.8) is 0 Å². The van der Waals surface area contributed by atoms with Gasteiger partial charge < -0.3 is 19.1 Å². The molecular weight excluding hydrogens is 342 g/mol. The lowest BCUT2D eigenvalue weighted by molar-refractivity contribution is 0.0184. The third-order valence-electron chi connectivity index (χ3n) is 5.24. The van der Waals surface area contributed by atoms with Gasteiger partial charge in [-0.3, -0.25) is 0 Å². The Balaban J connectivity index is 1.55. The highest BCUT2D eigenvalue weighted by Crippen LogP contribution is 2.38. The van der Waals surface area contributed by atoms with Crippen LogP contribution in [0.5, 0.6) is 11.5 Å². The number of allylic oxidation sites excluding steroid dienone is 1. The largest absolute Gasteiger partial charge is 0.493 e. The van der Waals surface area contributed by atoms with Gasteiger partial charge in [-0.05, 0) is 75.6 Å². The van der Waals surface area contributed by atoms with Gasteiger partial charge in [0.25, 0.3) is 0 Å². The normalized spacial score (nSPS) is 17.4. The molecule has 1 aliphatic heterocycles. The molecule has 0 saturated carbocycles. The Morgan fingerprint density at radius 3 is 2.33 bits per heavy atom. The first-order valence-electron chi connectivity index (χ1n) is 9.71. The second-order valence-electron chi connectivity index (χ2n) is 8.50. The standard InChI is InChI=1S/C22H31NO4/c1-22(2,3)27-21(24)23-8-6-15(7-9-23)10-16-11-17-13-19(25-4)20(26-5)14-18(17)12-16/h11,13-15H,6-10,12H2,1-5H3. The number of hydrogen-bond acceptors (Lipinski definition) is 4.